The highest BCUT2D eigenvalue weighted by Gasteiger charge is 2.33. The first-order valence-corrected chi connectivity index (χ1v) is 7.87. The Bertz CT molecular complexity index is 482. The molecule has 0 saturated carbocycles. The van der Waals surface area contributed by atoms with Crippen LogP contribution in [0, 0.1) is 12.3 Å². The number of carbonyl (C=O) groups excluding carboxylic acids is 1. The number of amides is 1. The van der Waals surface area contributed by atoms with Gasteiger partial charge < -0.3 is 10.0 Å². The molecular weight excluding hydrogens is 266 g/mol. The highest BCUT2D eigenvalue weighted by Crippen LogP contribution is 2.34. The van der Waals surface area contributed by atoms with Gasteiger partial charge in [-0.3, -0.25) is 9.48 Å². The smallest absolute Gasteiger partial charge is 0.222 e. The van der Waals surface area contributed by atoms with Gasteiger partial charge in [-0.05, 0) is 43.6 Å². The van der Waals surface area contributed by atoms with E-state index in [1.807, 2.05) is 29.7 Å². The molecule has 1 N–H and O–H groups in total. The number of likely N-dealkylation sites (tertiary alicyclic amines) is 1. The van der Waals surface area contributed by atoms with Gasteiger partial charge in [0, 0.05) is 38.9 Å². The third kappa shape index (κ3) is 3.46. The highest BCUT2D eigenvalue weighted by molar-refractivity contribution is 5.76. The number of piperidine rings is 1. The molecule has 1 fully saturated rings. The molecule has 0 atom stereocenters. The Hall–Kier alpha value is -1.36. The summed E-state index contributed by atoms with van der Waals surface area (Å²) in [4.78, 5) is 14.3. The summed E-state index contributed by atoms with van der Waals surface area (Å²) < 4.78 is 1.84. The predicted molar refractivity (Wildman–Crippen MR) is 81.9 cm³/mol. The average molecular weight is 293 g/mol. The summed E-state index contributed by atoms with van der Waals surface area (Å²) in [5.74, 6) is 0.223. The van der Waals surface area contributed by atoms with Crippen LogP contribution >= 0.6 is 0 Å². The maximum absolute atomic E-state index is 12.3. The second kappa shape index (κ2) is 6.60. The molecule has 0 spiro atoms. The third-order valence-corrected chi connectivity index (χ3v) is 5.21. The topological polar surface area (TPSA) is 58.4 Å². The fourth-order valence-corrected chi connectivity index (χ4v) is 3.04. The second-order valence-corrected chi connectivity index (χ2v) is 6.27. The molecule has 21 heavy (non-hydrogen) atoms. The van der Waals surface area contributed by atoms with E-state index in [-0.39, 0.29) is 17.9 Å². The van der Waals surface area contributed by atoms with Crippen molar-refractivity contribution in [3.8, 4) is 0 Å². The van der Waals surface area contributed by atoms with E-state index in [0.717, 1.165) is 50.0 Å². The highest BCUT2D eigenvalue weighted by atomic mass is 16.3. The van der Waals surface area contributed by atoms with Gasteiger partial charge >= 0.3 is 0 Å². The number of aliphatic hydroxyl groups excluding tert-OH is 1. The van der Waals surface area contributed by atoms with Crippen molar-refractivity contribution < 1.29 is 9.90 Å². The summed E-state index contributed by atoms with van der Waals surface area (Å²) in [5.41, 5.74) is 2.32. The fourth-order valence-electron chi connectivity index (χ4n) is 3.04. The first kappa shape index (κ1) is 16.0. The standard InChI is InChI=1S/C16H27N3O2/c1-4-16(12-20)7-9-19(10-8-16)15(21)6-5-14-11-17-18(3)13(14)2/h11,20H,4-10,12H2,1-3H3. The van der Waals surface area contributed by atoms with Crippen LogP contribution in [0.15, 0.2) is 6.20 Å². The first-order valence-electron chi connectivity index (χ1n) is 7.87. The van der Waals surface area contributed by atoms with Gasteiger partial charge in [0.05, 0.1) is 6.20 Å². The van der Waals surface area contributed by atoms with Crippen LogP contribution in [0.4, 0.5) is 0 Å². The van der Waals surface area contributed by atoms with E-state index in [2.05, 4.69) is 12.0 Å². The van der Waals surface area contributed by atoms with Gasteiger partial charge in [-0.2, -0.15) is 5.10 Å². The lowest BCUT2D eigenvalue weighted by atomic mass is 9.77. The van der Waals surface area contributed by atoms with Crippen LogP contribution < -0.4 is 0 Å². The number of nitrogens with zero attached hydrogens (tertiary/aromatic N) is 3. The van der Waals surface area contributed by atoms with E-state index in [9.17, 15) is 9.90 Å². The lowest BCUT2D eigenvalue weighted by Gasteiger charge is -2.40. The zero-order chi connectivity index (χ0) is 15.5. The largest absolute Gasteiger partial charge is 0.396 e. The monoisotopic (exact) mass is 293 g/mol. The van der Waals surface area contributed by atoms with Crippen molar-refractivity contribution in [1.82, 2.24) is 14.7 Å². The molecule has 0 unspecified atom stereocenters. The van der Waals surface area contributed by atoms with E-state index in [0.29, 0.717) is 6.42 Å². The van der Waals surface area contributed by atoms with E-state index < -0.39 is 0 Å². The Morgan fingerprint density at radius 3 is 2.57 bits per heavy atom. The van der Waals surface area contributed by atoms with Crippen LogP contribution in [0.1, 0.15) is 43.9 Å². The van der Waals surface area contributed by atoms with Crippen molar-refractivity contribution in [2.75, 3.05) is 19.7 Å². The maximum Gasteiger partial charge on any atom is 0.222 e. The molecule has 1 aliphatic rings. The zero-order valence-electron chi connectivity index (χ0n) is 13.4. The molecule has 0 aliphatic carbocycles. The molecule has 2 heterocycles. The van der Waals surface area contributed by atoms with Gasteiger partial charge in [0.25, 0.3) is 0 Å². The third-order valence-electron chi connectivity index (χ3n) is 5.21. The quantitative estimate of drug-likeness (QED) is 0.898. The van der Waals surface area contributed by atoms with Crippen molar-refractivity contribution >= 4 is 5.91 Å². The van der Waals surface area contributed by atoms with Crippen molar-refractivity contribution in [3.63, 3.8) is 0 Å². The number of aryl methyl sites for hydroxylation is 2. The normalized spacial score (nSPS) is 18.0. The molecule has 118 valence electrons. The van der Waals surface area contributed by atoms with Crippen LogP contribution in [0.2, 0.25) is 0 Å². The Balaban J connectivity index is 1.84. The SMILES string of the molecule is CCC1(CO)CCN(C(=O)CCc2cnn(C)c2C)CC1. The van der Waals surface area contributed by atoms with Gasteiger partial charge in [0.1, 0.15) is 0 Å². The molecule has 0 bridgehead atoms. The van der Waals surface area contributed by atoms with Crippen molar-refractivity contribution in [2.45, 2.75) is 46.0 Å². The minimum absolute atomic E-state index is 0.0384. The summed E-state index contributed by atoms with van der Waals surface area (Å²) in [6, 6.07) is 0. The summed E-state index contributed by atoms with van der Waals surface area (Å²) >= 11 is 0. The van der Waals surface area contributed by atoms with Gasteiger partial charge in [0.2, 0.25) is 5.91 Å². The predicted octanol–water partition coefficient (Wildman–Crippen LogP) is 1.67. The molecular formula is C16H27N3O2. The van der Waals surface area contributed by atoms with E-state index in [1.54, 1.807) is 0 Å². The van der Waals surface area contributed by atoms with E-state index in [1.165, 1.54) is 0 Å². The number of carbonyl (C=O) groups is 1. The van der Waals surface area contributed by atoms with Crippen molar-refractivity contribution in [3.05, 3.63) is 17.5 Å². The van der Waals surface area contributed by atoms with Crippen LogP contribution in [0.5, 0.6) is 0 Å². The molecule has 5 nitrogen and oxygen atoms in total. The molecule has 2 rings (SSSR count). The van der Waals surface area contributed by atoms with Crippen LogP contribution in [-0.2, 0) is 18.3 Å². The van der Waals surface area contributed by atoms with Crippen molar-refractivity contribution in [2.24, 2.45) is 12.5 Å². The van der Waals surface area contributed by atoms with Crippen LogP contribution in [0.25, 0.3) is 0 Å². The number of hydrogen-bond acceptors (Lipinski definition) is 3. The number of rotatable bonds is 5. The van der Waals surface area contributed by atoms with Gasteiger partial charge in [-0.25, -0.2) is 0 Å². The fraction of sp³-hybridized carbons (Fsp3) is 0.750. The van der Waals surface area contributed by atoms with Gasteiger partial charge in [-0.1, -0.05) is 6.92 Å². The molecule has 1 aromatic rings. The Morgan fingerprint density at radius 1 is 1.43 bits per heavy atom. The Labute approximate surface area is 126 Å². The molecule has 1 saturated heterocycles. The van der Waals surface area contributed by atoms with Crippen molar-refractivity contribution in [1.29, 1.82) is 0 Å². The van der Waals surface area contributed by atoms with Gasteiger partial charge in [-0.15, -0.1) is 0 Å². The molecule has 1 amide bonds. The Morgan fingerprint density at radius 2 is 2.10 bits per heavy atom. The molecule has 1 aromatic heterocycles. The molecule has 0 aromatic carbocycles. The Kier molecular flexibility index (Phi) is 5.04. The average Bonchev–Trinajstić information content (AvgIpc) is 2.84. The zero-order valence-corrected chi connectivity index (χ0v) is 13.4. The van der Waals surface area contributed by atoms with Crippen LogP contribution in [0.3, 0.4) is 0 Å². The summed E-state index contributed by atoms with van der Waals surface area (Å²) in [5, 5.41) is 13.8. The van der Waals surface area contributed by atoms with Crippen LogP contribution in [-0.4, -0.2) is 45.4 Å². The summed E-state index contributed by atoms with van der Waals surface area (Å²) in [6.07, 6.45) is 5.97. The molecule has 1 aliphatic heterocycles. The summed E-state index contributed by atoms with van der Waals surface area (Å²) in [7, 11) is 1.92. The van der Waals surface area contributed by atoms with E-state index in [4.69, 9.17) is 0 Å². The first-order chi connectivity index (χ1) is 10.0. The minimum Gasteiger partial charge on any atom is -0.396 e. The second-order valence-electron chi connectivity index (χ2n) is 6.27. The lowest BCUT2D eigenvalue weighted by Crippen LogP contribution is -2.44. The molecule has 5 heteroatoms. The number of hydrogen-bond donors (Lipinski definition) is 1. The minimum atomic E-state index is 0.0384. The maximum atomic E-state index is 12.3. The molecule has 0 radical (unpaired) electrons. The van der Waals surface area contributed by atoms with E-state index >= 15 is 0 Å². The number of aromatic nitrogens is 2. The summed E-state index contributed by atoms with van der Waals surface area (Å²) in [6.45, 7) is 5.95. The number of aliphatic hydroxyl groups is 1. The van der Waals surface area contributed by atoms with Gasteiger partial charge in [0.15, 0.2) is 0 Å². The lowest BCUT2D eigenvalue weighted by molar-refractivity contribution is -0.134.